The number of hydrogen-bond donors (Lipinski definition) is 1. The average Bonchev–Trinajstić information content (AvgIpc) is 3.01. The van der Waals surface area contributed by atoms with Gasteiger partial charge in [0.15, 0.2) is 0 Å². The monoisotopic (exact) mass is 272 g/mol. The Labute approximate surface area is 123 Å². The average molecular weight is 272 g/mol. The van der Waals surface area contributed by atoms with E-state index in [9.17, 15) is 0 Å². The lowest BCUT2D eigenvalue weighted by molar-refractivity contribution is 0.299. The van der Waals surface area contributed by atoms with Gasteiger partial charge in [-0.1, -0.05) is 43.5 Å². The molecule has 2 nitrogen and oxygen atoms in total. The van der Waals surface area contributed by atoms with Gasteiger partial charge < -0.3 is 5.73 Å². The first-order valence-electron chi connectivity index (χ1n) is 8.34. The summed E-state index contributed by atoms with van der Waals surface area (Å²) in [5, 5.41) is 0. The Morgan fingerprint density at radius 3 is 2.45 bits per heavy atom. The van der Waals surface area contributed by atoms with Gasteiger partial charge in [-0.05, 0) is 49.9 Å². The SMILES string of the molecule is NCC1(c2cccc(CN3CCCC3)c2)CCCCC1. The molecule has 0 spiro atoms. The Morgan fingerprint density at radius 1 is 1.00 bits per heavy atom. The molecule has 1 saturated heterocycles. The second-order valence-corrected chi connectivity index (χ2v) is 6.73. The van der Waals surface area contributed by atoms with Crippen molar-refractivity contribution in [2.24, 2.45) is 5.73 Å². The highest BCUT2D eigenvalue weighted by Gasteiger charge is 2.32. The lowest BCUT2D eigenvalue weighted by Gasteiger charge is -2.37. The van der Waals surface area contributed by atoms with Crippen LogP contribution in [0.4, 0.5) is 0 Å². The van der Waals surface area contributed by atoms with E-state index in [4.69, 9.17) is 5.73 Å². The van der Waals surface area contributed by atoms with Crippen molar-refractivity contribution in [2.45, 2.75) is 56.9 Å². The molecule has 1 aliphatic heterocycles. The summed E-state index contributed by atoms with van der Waals surface area (Å²) in [7, 11) is 0. The van der Waals surface area contributed by atoms with E-state index in [0.29, 0.717) is 0 Å². The summed E-state index contributed by atoms with van der Waals surface area (Å²) in [6.07, 6.45) is 9.35. The molecule has 1 aliphatic carbocycles. The van der Waals surface area contributed by atoms with Crippen molar-refractivity contribution in [3.8, 4) is 0 Å². The highest BCUT2D eigenvalue weighted by atomic mass is 15.1. The maximum absolute atomic E-state index is 6.17. The van der Waals surface area contributed by atoms with E-state index in [1.54, 1.807) is 0 Å². The molecule has 2 fully saturated rings. The van der Waals surface area contributed by atoms with Gasteiger partial charge in [-0.25, -0.2) is 0 Å². The predicted octanol–water partition coefficient (Wildman–Crippen LogP) is 3.44. The van der Waals surface area contributed by atoms with Crippen LogP contribution in [0.25, 0.3) is 0 Å². The summed E-state index contributed by atoms with van der Waals surface area (Å²) in [6, 6.07) is 9.28. The van der Waals surface area contributed by atoms with Crippen LogP contribution >= 0.6 is 0 Å². The summed E-state index contributed by atoms with van der Waals surface area (Å²) >= 11 is 0. The minimum Gasteiger partial charge on any atom is -0.330 e. The van der Waals surface area contributed by atoms with Crippen LogP contribution in [-0.4, -0.2) is 24.5 Å². The van der Waals surface area contributed by atoms with Crippen molar-refractivity contribution in [3.05, 3.63) is 35.4 Å². The number of hydrogen-bond acceptors (Lipinski definition) is 2. The summed E-state index contributed by atoms with van der Waals surface area (Å²) in [5.74, 6) is 0. The van der Waals surface area contributed by atoms with Gasteiger partial charge in [0.1, 0.15) is 0 Å². The minimum atomic E-state index is 0.263. The maximum atomic E-state index is 6.17. The molecule has 2 N–H and O–H groups in total. The van der Waals surface area contributed by atoms with Crippen LogP contribution in [-0.2, 0) is 12.0 Å². The summed E-state index contributed by atoms with van der Waals surface area (Å²) in [5.41, 5.74) is 9.41. The minimum absolute atomic E-state index is 0.263. The Morgan fingerprint density at radius 2 is 1.75 bits per heavy atom. The van der Waals surface area contributed by atoms with E-state index < -0.39 is 0 Å². The van der Waals surface area contributed by atoms with Gasteiger partial charge in [0.25, 0.3) is 0 Å². The second-order valence-electron chi connectivity index (χ2n) is 6.73. The third-order valence-electron chi connectivity index (χ3n) is 5.35. The molecule has 1 aromatic carbocycles. The molecule has 20 heavy (non-hydrogen) atoms. The molecule has 0 atom stereocenters. The van der Waals surface area contributed by atoms with Crippen molar-refractivity contribution >= 4 is 0 Å². The van der Waals surface area contributed by atoms with Gasteiger partial charge in [-0.2, -0.15) is 0 Å². The molecule has 0 bridgehead atoms. The first kappa shape index (κ1) is 14.1. The normalized spacial score (nSPS) is 23.1. The number of benzene rings is 1. The second kappa shape index (κ2) is 6.28. The zero-order valence-corrected chi connectivity index (χ0v) is 12.6. The van der Waals surface area contributed by atoms with Crippen molar-refractivity contribution in [1.29, 1.82) is 0 Å². The zero-order valence-electron chi connectivity index (χ0n) is 12.6. The third-order valence-corrected chi connectivity index (χ3v) is 5.35. The quantitative estimate of drug-likeness (QED) is 0.909. The summed E-state index contributed by atoms with van der Waals surface area (Å²) in [4.78, 5) is 2.58. The van der Waals surface area contributed by atoms with Crippen LogP contribution in [0.5, 0.6) is 0 Å². The van der Waals surface area contributed by atoms with E-state index in [1.807, 2.05) is 0 Å². The molecule has 1 heterocycles. The fourth-order valence-corrected chi connectivity index (χ4v) is 4.04. The summed E-state index contributed by atoms with van der Waals surface area (Å²) in [6.45, 7) is 4.47. The molecule has 110 valence electrons. The van der Waals surface area contributed by atoms with Crippen LogP contribution in [0.2, 0.25) is 0 Å². The lowest BCUT2D eigenvalue weighted by atomic mass is 9.69. The van der Waals surface area contributed by atoms with E-state index >= 15 is 0 Å². The van der Waals surface area contributed by atoms with Crippen molar-refractivity contribution in [3.63, 3.8) is 0 Å². The topological polar surface area (TPSA) is 29.3 Å². The van der Waals surface area contributed by atoms with Crippen LogP contribution in [0.1, 0.15) is 56.1 Å². The van der Waals surface area contributed by atoms with Crippen LogP contribution in [0, 0.1) is 0 Å². The Hall–Kier alpha value is -0.860. The molecule has 0 unspecified atom stereocenters. The van der Waals surface area contributed by atoms with Crippen molar-refractivity contribution in [2.75, 3.05) is 19.6 Å². The zero-order chi connectivity index (χ0) is 13.8. The fraction of sp³-hybridized carbons (Fsp3) is 0.667. The number of nitrogens with zero attached hydrogens (tertiary/aromatic N) is 1. The van der Waals surface area contributed by atoms with Crippen molar-refractivity contribution < 1.29 is 0 Å². The van der Waals surface area contributed by atoms with Gasteiger partial charge >= 0.3 is 0 Å². The molecule has 0 amide bonds. The highest BCUT2D eigenvalue weighted by molar-refractivity contribution is 5.31. The molecule has 1 saturated carbocycles. The smallest absolute Gasteiger partial charge is 0.0233 e. The van der Waals surface area contributed by atoms with Gasteiger partial charge in [0.2, 0.25) is 0 Å². The predicted molar refractivity (Wildman–Crippen MR) is 84.8 cm³/mol. The molecule has 0 radical (unpaired) electrons. The lowest BCUT2D eigenvalue weighted by Crippen LogP contribution is -2.37. The molecule has 0 aromatic heterocycles. The molecule has 2 aliphatic rings. The van der Waals surface area contributed by atoms with Crippen LogP contribution in [0.3, 0.4) is 0 Å². The Bertz CT molecular complexity index is 429. The highest BCUT2D eigenvalue weighted by Crippen LogP contribution is 2.38. The number of nitrogens with two attached hydrogens (primary N) is 1. The first-order valence-corrected chi connectivity index (χ1v) is 8.34. The van der Waals surface area contributed by atoms with Gasteiger partial charge in [0.05, 0.1) is 0 Å². The van der Waals surface area contributed by atoms with E-state index in [1.165, 1.54) is 69.2 Å². The van der Waals surface area contributed by atoms with E-state index in [0.717, 1.165) is 13.1 Å². The largest absolute Gasteiger partial charge is 0.330 e. The molecular formula is C18H28N2. The van der Waals surface area contributed by atoms with E-state index in [-0.39, 0.29) is 5.41 Å². The Kier molecular flexibility index (Phi) is 4.42. The summed E-state index contributed by atoms with van der Waals surface area (Å²) < 4.78 is 0. The molecule has 1 aromatic rings. The maximum Gasteiger partial charge on any atom is 0.0233 e. The third kappa shape index (κ3) is 2.91. The van der Waals surface area contributed by atoms with Crippen LogP contribution in [0.15, 0.2) is 24.3 Å². The Balaban J connectivity index is 1.78. The van der Waals surface area contributed by atoms with E-state index in [2.05, 4.69) is 29.2 Å². The van der Waals surface area contributed by atoms with Crippen LogP contribution < -0.4 is 5.73 Å². The van der Waals surface area contributed by atoms with Gasteiger partial charge in [0, 0.05) is 18.5 Å². The first-order chi connectivity index (χ1) is 9.82. The standard InChI is InChI=1S/C18H28N2/c19-15-18(9-2-1-3-10-18)17-8-6-7-16(13-17)14-20-11-4-5-12-20/h6-8,13H,1-5,9-12,14-15,19H2. The molecule has 2 heteroatoms. The number of likely N-dealkylation sites (tertiary alicyclic amines) is 1. The molecule has 3 rings (SSSR count). The van der Waals surface area contributed by atoms with Gasteiger partial charge in [-0.15, -0.1) is 0 Å². The van der Waals surface area contributed by atoms with Crippen molar-refractivity contribution in [1.82, 2.24) is 4.90 Å². The number of rotatable bonds is 4. The van der Waals surface area contributed by atoms with Gasteiger partial charge in [-0.3, -0.25) is 4.90 Å². The molecular weight excluding hydrogens is 244 g/mol. The fourth-order valence-electron chi connectivity index (χ4n) is 4.04.